The first-order valence-electron chi connectivity index (χ1n) is 7.01. The Morgan fingerprint density at radius 3 is 2.57 bits per heavy atom. The van der Waals surface area contributed by atoms with Gasteiger partial charge >= 0.3 is 5.97 Å². The molecular weight excluding hydrogens is 362 g/mol. The molecule has 1 aliphatic heterocycles. The van der Waals surface area contributed by atoms with Crippen molar-refractivity contribution in [2.75, 3.05) is 18.6 Å². The molecule has 0 spiro atoms. The number of nitrogens with zero attached hydrogens (tertiary/aromatic N) is 1. The summed E-state index contributed by atoms with van der Waals surface area (Å²) in [5.41, 5.74) is 1.18. The highest BCUT2D eigenvalue weighted by molar-refractivity contribution is 9.10. The van der Waals surface area contributed by atoms with E-state index >= 15 is 0 Å². The van der Waals surface area contributed by atoms with Crippen LogP contribution in [0.15, 0.2) is 53.0 Å². The quantitative estimate of drug-likeness (QED) is 0.757. The highest BCUT2D eigenvalue weighted by atomic mass is 79.9. The van der Waals surface area contributed by atoms with E-state index in [-0.39, 0.29) is 12.5 Å². The smallest absolute Gasteiger partial charge is 0.348 e. The van der Waals surface area contributed by atoms with Gasteiger partial charge in [0.15, 0.2) is 0 Å². The number of rotatable bonds is 2. The molecule has 0 saturated heterocycles. The fourth-order valence-corrected chi connectivity index (χ4v) is 2.69. The lowest BCUT2D eigenvalue weighted by Crippen LogP contribution is -2.47. The van der Waals surface area contributed by atoms with Crippen LogP contribution in [-0.2, 0) is 9.53 Å². The third-order valence-electron chi connectivity index (χ3n) is 3.57. The summed E-state index contributed by atoms with van der Waals surface area (Å²) < 4.78 is 11.3. The molecule has 2 aromatic carbocycles. The SMILES string of the molecule is COC(=O)[C@H]1CN(C(=O)c2ccc(Br)cc2)c2ccccc2O1. The average molecular weight is 376 g/mol. The van der Waals surface area contributed by atoms with Crippen LogP contribution in [0.2, 0.25) is 0 Å². The number of carbonyl (C=O) groups excluding carboxylic acids is 2. The van der Waals surface area contributed by atoms with Crippen LogP contribution in [0.1, 0.15) is 10.4 Å². The number of ether oxygens (including phenoxy) is 2. The molecule has 23 heavy (non-hydrogen) atoms. The molecular formula is C17H14BrNO4. The van der Waals surface area contributed by atoms with Gasteiger partial charge in [-0.3, -0.25) is 4.79 Å². The number of carbonyl (C=O) groups is 2. The number of anilines is 1. The van der Waals surface area contributed by atoms with E-state index < -0.39 is 12.1 Å². The molecule has 0 radical (unpaired) electrons. The van der Waals surface area contributed by atoms with E-state index in [0.29, 0.717) is 17.0 Å². The Labute approximate surface area is 141 Å². The minimum absolute atomic E-state index is 0.110. The third kappa shape index (κ3) is 3.07. The van der Waals surface area contributed by atoms with Crippen LogP contribution in [0.5, 0.6) is 5.75 Å². The van der Waals surface area contributed by atoms with Gasteiger partial charge in [-0.05, 0) is 36.4 Å². The minimum atomic E-state index is -0.839. The first kappa shape index (κ1) is 15.6. The summed E-state index contributed by atoms with van der Waals surface area (Å²) >= 11 is 3.35. The molecule has 0 bridgehead atoms. The Morgan fingerprint density at radius 2 is 1.87 bits per heavy atom. The van der Waals surface area contributed by atoms with Crippen molar-refractivity contribution in [2.24, 2.45) is 0 Å². The van der Waals surface area contributed by atoms with Gasteiger partial charge in [-0.25, -0.2) is 4.79 Å². The van der Waals surface area contributed by atoms with Crippen molar-refractivity contribution < 1.29 is 19.1 Å². The van der Waals surface area contributed by atoms with Crippen molar-refractivity contribution >= 4 is 33.5 Å². The lowest BCUT2D eigenvalue weighted by molar-refractivity contribution is -0.148. The molecule has 0 N–H and O–H groups in total. The lowest BCUT2D eigenvalue weighted by Gasteiger charge is -2.33. The van der Waals surface area contributed by atoms with E-state index in [1.165, 1.54) is 7.11 Å². The fraction of sp³-hybridized carbons (Fsp3) is 0.176. The number of hydrogen-bond donors (Lipinski definition) is 0. The second-order valence-corrected chi connectivity index (χ2v) is 5.94. The van der Waals surface area contributed by atoms with E-state index in [1.54, 1.807) is 47.4 Å². The molecule has 0 unspecified atom stereocenters. The number of halogens is 1. The normalized spacial score (nSPS) is 16.3. The highest BCUT2D eigenvalue weighted by Gasteiger charge is 2.34. The maximum absolute atomic E-state index is 12.8. The summed E-state index contributed by atoms with van der Waals surface area (Å²) in [6.45, 7) is 0.110. The van der Waals surface area contributed by atoms with Crippen molar-refractivity contribution in [3.63, 3.8) is 0 Å². The average Bonchev–Trinajstić information content (AvgIpc) is 2.60. The van der Waals surface area contributed by atoms with Gasteiger partial charge < -0.3 is 14.4 Å². The largest absolute Gasteiger partial charge is 0.475 e. The summed E-state index contributed by atoms with van der Waals surface area (Å²) in [5.74, 6) is -0.213. The summed E-state index contributed by atoms with van der Waals surface area (Å²) in [7, 11) is 1.30. The lowest BCUT2D eigenvalue weighted by atomic mass is 10.1. The molecule has 0 aromatic heterocycles. The maximum Gasteiger partial charge on any atom is 0.348 e. The first-order chi connectivity index (χ1) is 11.1. The monoisotopic (exact) mass is 375 g/mol. The Balaban J connectivity index is 1.97. The van der Waals surface area contributed by atoms with Crippen molar-refractivity contribution in [1.82, 2.24) is 0 Å². The van der Waals surface area contributed by atoms with Gasteiger partial charge in [0.2, 0.25) is 6.10 Å². The molecule has 1 amide bonds. The zero-order chi connectivity index (χ0) is 16.4. The van der Waals surface area contributed by atoms with Gasteiger partial charge in [0.25, 0.3) is 5.91 Å². The van der Waals surface area contributed by atoms with E-state index in [1.807, 2.05) is 6.07 Å². The molecule has 0 aliphatic carbocycles. The number of fused-ring (bicyclic) bond motifs is 1. The van der Waals surface area contributed by atoms with Crippen LogP contribution in [0.25, 0.3) is 0 Å². The highest BCUT2D eigenvalue weighted by Crippen LogP contribution is 2.34. The Kier molecular flexibility index (Phi) is 4.34. The van der Waals surface area contributed by atoms with Gasteiger partial charge in [-0.15, -0.1) is 0 Å². The van der Waals surface area contributed by atoms with Crippen molar-refractivity contribution in [3.05, 3.63) is 58.6 Å². The number of para-hydroxylation sites is 2. The van der Waals surface area contributed by atoms with E-state index in [9.17, 15) is 9.59 Å². The molecule has 1 aliphatic rings. The molecule has 0 fully saturated rings. The number of amides is 1. The zero-order valence-corrected chi connectivity index (χ0v) is 13.9. The van der Waals surface area contributed by atoms with Crippen molar-refractivity contribution in [3.8, 4) is 5.75 Å². The van der Waals surface area contributed by atoms with Crippen LogP contribution in [-0.4, -0.2) is 31.6 Å². The topological polar surface area (TPSA) is 55.8 Å². The molecule has 6 heteroatoms. The molecule has 1 atom stereocenters. The maximum atomic E-state index is 12.8. The number of hydrogen-bond acceptors (Lipinski definition) is 4. The molecule has 3 rings (SSSR count). The number of esters is 1. The van der Waals surface area contributed by atoms with Gasteiger partial charge in [-0.1, -0.05) is 28.1 Å². The summed E-state index contributed by atoms with van der Waals surface area (Å²) in [4.78, 5) is 26.2. The second kappa shape index (κ2) is 6.42. The van der Waals surface area contributed by atoms with Gasteiger partial charge in [0.1, 0.15) is 5.75 Å². The first-order valence-corrected chi connectivity index (χ1v) is 7.80. The van der Waals surface area contributed by atoms with E-state index in [4.69, 9.17) is 9.47 Å². The Bertz CT molecular complexity index is 745. The zero-order valence-electron chi connectivity index (χ0n) is 12.4. The predicted molar refractivity (Wildman–Crippen MR) is 88.7 cm³/mol. The second-order valence-electron chi connectivity index (χ2n) is 5.02. The van der Waals surface area contributed by atoms with Crippen LogP contribution >= 0.6 is 15.9 Å². The van der Waals surface area contributed by atoms with E-state index in [2.05, 4.69) is 15.9 Å². The summed E-state index contributed by atoms with van der Waals surface area (Å²) in [5, 5.41) is 0. The summed E-state index contributed by atoms with van der Waals surface area (Å²) in [6.07, 6.45) is -0.839. The van der Waals surface area contributed by atoms with Gasteiger partial charge in [-0.2, -0.15) is 0 Å². The minimum Gasteiger partial charge on any atom is -0.475 e. The van der Waals surface area contributed by atoms with Crippen LogP contribution in [0.4, 0.5) is 5.69 Å². The third-order valence-corrected chi connectivity index (χ3v) is 4.10. The van der Waals surface area contributed by atoms with E-state index in [0.717, 1.165) is 4.47 Å². The Morgan fingerprint density at radius 1 is 1.17 bits per heavy atom. The number of methoxy groups -OCH3 is 1. The van der Waals surface area contributed by atoms with Crippen LogP contribution in [0, 0.1) is 0 Å². The fourth-order valence-electron chi connectivity index (χ4n) is 2.43. The van der Waals surface area contributed by atoms with Crippen LogP contribution < -0.4 is 9.64 Å². The van der Waals surface area contributed by atoms with Crippen molar-refractivity contribution in [2.45, 2.75) is 6.10 Å². The number of benzene rings is 2. The van der Waals surface area contributed by atoms with Gasteiger partial charge in [0, 0.05) is 10.0 Å². The summed E-state index contributed by atoms with van der Waals surface area (Å²) in [6, 6.07) is 14.2. The van der Waals surface area contributed by atoms with Crippen LogP contribution in [0.3, 0.4) is 0 Å². The van der Waals surface area contributed by atoms with Gasteiger partial charge in [0.05, 0.1) is 19.3 Å². The predicted octanol–water partition coefficient (Wildman–Crippen LogP) is 3.03. The molecule has 2 aromatic rings. The standard InChI is InChI=1S/C17H14BrNO4/c1-22-17(21)15-10-19(13-4-2-3-5-14(13)23-15)16(20)11-6-8-12(18)9-7-11/h2-9,15H,10H2,1H3/t15-/m1/s1. The molecule has 1 heterocycles. The Hall–Kier alpha value is -2.34. The molecule has 0 saturated carbocycles. The molecule has 118 valence electrons. The van der Waals surface area contributed by atoms with Crippen molar-refractivity contribution in [1.29, 1.82) is 0 Å². The molecule has 5 nitrogen and oxygen atoms in total.